The molecule has 2 aliphatic heterocycles. The van der Waals surface area contributed by atoms with E-state index < -0.39 is 90.1 Å². The molecule has 0 radical (unpaired) electrons. The van der Waals surface area contributed by atoms with E-state index in [2.05, 4.69) is 29.9 Å². The number of H-pyrrole nitrogens is 1. The molecule has 4 aromatic heterocycles. The molecule has 0 aromatic carbocycles. The number of aliphatic hydroxyl groups excluding tert-OH is 2. The maximum Gasteiger partial charge on any atom is 0.472 e. The highest BCUT2D eigenvalue weighted by Gasteiger charge is 2.52. The van der Waals surface area contributed by atoms with Crippen molar-refractivity contribution in [2.24, 2.45) is 0 Å². The van der Waals surface area contributed by atoms with Crippen LogP contribution in [0.2, 0.25) is 0 Å². The Bertz CT molecular complexity index is 1880. The zero-order chi connectivity index (χ0) is 32.9. The predicted molar refractivity (Wildman–Crippen MR) is 150 cm³/mol. The van der Waals surface area contributed by atoms with Gasteiger partial charge >= 0.3 is 7.82 Å². The van der Waals surface area contributed by atoms with Crippen LogP contribution in [-0.4, -0.2) is 115 Å². The van der Waals surface area contributed by atoms with E-state index in [1.807, 2.05) is 0 Å². The summed E-state index contributed by atoms with van der Waals surface area (Å²) in [7, 11) is -8.40. The Labute approximate surface area is 255 Å². The van der Waals surface area contributed by atoms with Crippen LogP contribution in [0.4, 0.5) is 16.2 Å². The largest absolute Gasteiger partial charge is 0.472 e. The molecule has 0 aliphatic carbocycles. The van der Waals surface area contributed by atoms with E-state index in [-0.39, 0.29) is 34.1 Å². The van der Waals surface area contributed by atoms with Crippen molar-refractivity contribution in [1.29, 1.82) is 0 Å². The van der Waals surface area contributed by atoms with Crippen molar-refractivity contribution in [1.82, 2.24) is 39.0 Å². The van der Waals surface area contributed by atoms with Crippen molar-refractivity contribution < 1.29 is 56.8 Å². The van der Waals surface area contributed by atoms with Crippen LogP contribution in [0.1, 0.15) is 12.5 Å². The Morgan fingerprint density at radius 1 is 1.07 bits per heavy atom. The fraction of sp³-hybridized carbons (Fsp3) is 0.524. The number of rotatable bonds is 11. The van der Waals surface area contributed by atoms with E-state index in [4.69, 9.17) is 34.7 Å². The first-order valence-electron chi connectivity index (χ1n) is 13.3. The van der Waals surface area contributed by atoms with Gasteiger partial charge in [0.15, 0.2) is 41.3 Å². The summed E-state index contributed by atoms with van der Waals surface area (Å²) in [5.41, 5.74) is 10.7. The van der Waals surface area contributed by atoms with E-state index >= 15 is 4.39 Å². The number of phosphoric acid groups is 1. The number of fused-ring (bicyclic) bond motifs is 2. The van der Waals surface area contributed by atoms with Crippen LogP contribution in [0.15, 0.2) is 23.8 Å². The van der Waals surface area contributed by atoms with Gasteiger partial charge in [0.25, 0.3) is 5.56 Å². The first-order chi connectivity index (χ1) is 21.9. The average Bonchev–Trinajstić information content (AvgIpc) is 3.76. The summed E-state index contributed by atoms with van der Waals surface area (Å²) in [6.45, 7) is -1.67. The van der Waals surface area contributed by atoms with Crippen molar-refractivity contribution in [2.45, 2.75) is 49.1 Å². The lowest BCUT2D eigenvalue weighted by Crippen LogP contribution is -2.37. The Hall–Kier alpha value is -3.47. The number of hydrogen-bond donors (Lipinski definition) is 7. The summed E-state index contributed by atoms with van der Waals surface area (Å²) >= 11 is 0. The van der Waals surface area contributed by atoms with Crippen molar-refractivity contribution in [3.63, 3.8) is 0 Å². The van der Waals surface area contributed by atoms with Gasteiger partial charge in [0.1, 0.15) is 48.7 Å². The molecule has 6 rings (SSSR count). The summed E-state index contributed by atoms with van der Waals surface area (Å²) in [6.07, 6.45) is -10.0. The second-order valence-electron chi connectivity index (χ2n) is 10.1. The molecule has 0 bridgehead atoms. The van der Waals surface area contributed by atoms with Crippen molar-refractivity contribution in [3.8, 4) is 0 Å². The number of imidazole rings is 2. The summed E-state index contributed by atoms with van der Waals surface area (Å²) in [4.78, 5) is 54.3. The Kier molecular flexibility index (Phi) is 8.91. The van der Waals surface area contributed by atoms with Gasteiger partial charge in [-0.2, -0.15) is 4.98 Å². The number of nitrogens with two attached hydrogens (primary N) is 2. The van der Waals surface area contributed by atoms with Gasteiger partial charge < -0.3 is 45.7 Å². The van der Waals surface area contributed by atoms with Crippen LogP contribution in [-0.2, 0) is 32.4 Å². The summed E-state index contributed by atoms with van der Waals surface area (Å²) in [6, 6.07) is 0. The lowest BCUT2D eigenvalue weighted by molar-refractivity contribution is -0.0648. The number of halogens is 1. The number of phosphoric ester groups is 1. The van der Waals surface area contributed by atoms with E-state index in [9.17, 15) is 33.9 Å². The molecule has 22 nitrogen and oxygen atoms in total. The number of anilines is 2. The van der Waals surface area contributed by atoms with Crippen LogP contribution in [0, 0.1) is 0 Å². The molecule has 4 unspecified atom stereocenters. The quantitative estimate of drug-likeness (QED) is 0.0829. The van der Waals surface area contributed by atoms with Crippen LogP contribution >= 0.6 is 15.9 Å². The summed E-state index contributed by atoms with van der Waals surface area (Å²) in [5, 5.41) is 20.7. The van der Waals surface area contributed by atoms with Crippen molar-refractivity contribution in [2.75, 3.05) is 31.0 Å². The molecule has 6 heterocycles. The molecule has 10 atom stereocenters. The molecule has 250 valence electrons. The van der Waals surface area contributed by atoms with Gasteiger partial charge in [0.2, 0.25) is 14.0 Å². The van der Waals surface area contributed by atoms with E-state index in [1.54, 1.807) is 0 Å². The lowest BCUT2D eigenvalue weighted by Gasteiger charge is -2.25. The molecule has 2 aliphatic rings. The minimum atomic E-state index is -5.22. The zero-order valence-corrected chi connectivity index (χ0v) is 25.0. The van der Waals surface area contributed by atoms with Crippen LogP contribution < -0.4 is 17.0 Å². The second-order valence-corrected chi connectivity index (χ2v) is 12.6. The normalized spacial score (nSPS) is 30.3. The fourth-order valence-electron chi connectivity index (χ4n) is 5.17. The average molecular weight is 692 g/mol. The third-order valence-corrected chi connectivity index (χ3v) is 8.59. The fourth-order valence-corrected chi connectivity index (χ4v) is 6.43. The number of nitrogens with one attached hydrogen (secondary N) is 1. The lowest BCUT2D eigenvalue weighted by atomic mass is 10.1. The van der Waals surface area contributed by atoms with Crippen LogP contribution in [0.25, 0.3) is 22.3 Å². The van der Waals surface area contributed by atoms with E-state index in [0.29, 0.717) is 0 Å². The number of aromatic amines is 1. The zero-order valence-electron chi connectivity index (χ0n) is 23.1. The van der Waals surface area contributed by atoms with Gasteiger partial charge in [0.05, 0.1) is 25.9 Å². The number of ether oxygens (including phenoxy) is 3. The van der Waals surface area contributed by atoms with Gasteiger partial charge in [-0.1, -0.05) is 0 Å². The molecule has 4 aromatic rings. The van der Waals surface area contributed by atoms with E-state index in [1.165, 1.54) is 10.9 Å². The molecule has 46 heavy (non-hydrogen) atoms. The molecule has 0 spiro atoms. The molecule has 0 saturated carbocycles. The minimum absolute atomic E-state index is 0.0414. The number of aromatic nitrogens is 8. The Morgan fingerprint density at radius 2 is 1.76 bits per heavy atom. The van der Waals surface area contributed by atoms with Gasteiger partial charge in [-0.05, 0) is 0 Å². The predicted octanol–water partition coefficient (Wildman–Crippen LogP) is -2.08. The van der Waals surface area contributed by atoms with Crippen molar-refractivity contribution >= 4 is 49.9 Å². The van der Waals surface area contributed by atoms with Gasteiger partial charge in [0, 0.05) is 0 Å². The SMILES string of the molecule is Nc1nc2c(ncn2[C@@H]2O[C@H](CO)C(F)[C@@H]2OP(=O)(O)OC[C@H]2O[C@@H](n3cnc4c(N)ncnc43)C(O)[C@H]2OC[PH](=O)O)c(=O)[nH]1. The summed E-state index contributed by atoms with van der Waals surface area (Å²) in [5.74, 6) is -0.263. The third-order valence-electron chi connectivity index (χ3n) is 7.20. The van der Waals surface area contributed by atoms with Gasteiger partial charge in [-0.15, -0.1) is 0 Å². The van der Waals surface area contributed by atoms with Gasteiger partial charge in [-0.25, -0.2) is 28.9 Å². The highest BCUT2D eigenvalue weighted by molar-refractivity contribution is 7.47. The van der Waals surface area contributed by atoms with Crippen molar-refractivity contribution in [3.05, 3.63) is 29.3 Å². The molecular formula is C21H27FN10O12P2. The number of hydrogen-bond acceptors (Lipinski definition) is 17. The van der Waals surface area contributed by atoms with Gasteiger partial charge in [-0.3, -0.25) is 32.5 Å². The maximum atomic E-state index is 15.4. The molecule has 2 fully saturated rings. The highest BCUT2D eigenvalue weighted by Crippen LogP contribution is 2.50. The summed E-state index contributed by atoms with van der Waals surface area (Å²) < 4.78 is 69.3. The molecule has 0 amide bonds. The minimum Gasteiger partial charge on any atom is -0.394 e. The molecule has 9 N–H and O–H groups in total. The smallest absolute Gasteiger partial charge is 0.394 e. The standard InChI is InChI=1S/C21H27FN10O12P2/c22-9-7(1-33)42-20(32-5-28-11-17(32)29-21(24)30-18(11)35)14(9)44-46(38,39)41-2-8-13(40-6-45(36)37)12(34)19(43-8)31-4-27-10-15(23)25-3-26-16(10)31/h3-5,7-9,12-14,19-20,33-34,45H,1-2,6H2,(H,36,37)(H,38,39)(H2,23,25,26)(H3,24,29,30,35)/t7-,8-,9?,12?,13+,14+,19-,20-/m1/s1. The number of nitrogen functional groups attached to an aromatic ring is 2. The third kappa shape index (κ3) is 6.02. The van der Waals surface area contributed by atoms with E-state index in [0.717, 1.165) is 17.2 Å². The molecule has 2 saturated heterocycles. The van der Waals surface area contributed by atoms with Crippen LogP contribution in [0.3, 0.4) is 0 Å². The first kappa shape index (κ1) is 32.5. The number of alkyl halides is 1. The number of aliphatic hydroxyl groups is 2. The first-order valence-corrected chi connectivity index (χ1v) is 16.3. The Morgan fingerprint density at radius 3 is 2.48 bits per heavy atom. The second kappa shape index (κ2) is 12.6. The topological polar surface area (TPSA) is 320 Å². The highest BCUT2D eigenvalue weighted by atomic mass is 31.2. The maximum absolute atomic E-state index is 15.4. The monoisotopic (exact) mass is 692 g/mol. The van der Waals surface area contributed by atoms with Crippen LogP contribution in [0.5, 0.6) is 0 Å². The number of nitrogens with zero attached hydrogens (tertiary/aromatic N) is 7. The molecular weight excluding hydrogens is 665 g/mol. The Balaban J connectivity index is 1.22. The molecule has 25 heteroatoms.